The van der Waals surface area contributed by atoms with Crippen molar-refractivity contribution in [3.8, 4) is 0 Å². The van der Waals surface area contributed by atoms with Gasteiger partial charge >= 0.3 is 6.18 Å². The van der Waals surface area contributed by atoms with Gasteiger partial charge in [0, 0.05) is 12.5 Å². The highest BCUT2D eigenvalue weighted by Gasteiger charge is 2.33. The predicted octanol–water partition coefficient (Wildman–Crippen LogP) is 4.25. The monoisotopic (exact) mass is 367 g/mol. The van der Waals surface area contributed by atoms with E-state index in [1.54, 1.807) is 0 Å². The zero-order valence-corrected chi connectivity index (χ0v) is 13.7. The van der Waals surface area contributed by atoms with Crippen LogP contribution in [-0.2, 0) is 11.0 Å². The van der Waals surface area contributed by atoms with Crippen LogP contribution in [-0.4, -0.2) is 10.8 Å². The number of benzene rings is 2. The third kappa shape index (κ3) is 4.95. The molecule has 0 heterocycles. The van der Waals surface area contributed by atoms with Gasteiger partial charge in [-0.1, -0.05) is 37.3 Å². The van der Waals surface area contributed by atoms with Crippen LogP contribution in [0.15, 0.2) is 48.5 Å². The van der Waals surface area contributed by atoms with Crippen LogP contribution in [0, 0.1) is 10.1 Å². The van der Waals surface area contributed by atoms with Crippen molar-refractivity contribution in [2.45, 2.75) is 25.4 Å². The van der Waals surface area contributed by atoms with E-state index < -0.39 is 28.3 Å². The summed E-state index contributed by atoms with van der Waals surface area (Å²) in [6.07, 6.45) is -4.59. The Morgan fingerprint density at radius 3 is 2.42 bits per heavy atom. The van der Waals surface area contributed by atoms with E-state index in [1.165, 1.54) is 0 Å². The predicted molar refractivity (Wildman–Crippen MR) is 89.3 cm³/mol. The van der Waals surface area contributed by atoms with E-state index in [0.717, 1.165) is 11.6 Å². The summed E-state index contributed by atoms with van der Waals surface area (Å²) in [4.78, 5) is 22.0. The zero-order chi connectivity index (χ0) is 19.3. The molecule has 0 bridgehead atoms. The molecule has 2 aromatic rings. The van der Waals surface area contributed by atoms with Crippen molar-refractivity contribution in [3.05, 3.63) is 69.8 Å². The third-order valence-corrected chi connectivity index (χ3v) is 3.72. The number of alkyl halides is 3. The molecule has 9 heteroatoms. The second kappa shape index (κ2) is 7.85. The van der Waals surface area contributed by atoms with Gasteiger partial charge in [-0.3, -0.25) is 25.8 Å². The van der Waals surface area contributed by atoms with Gasteiger partial charge in [0.05, 0.1) is 10.5 Å². The number of nitro benzene ring substituents is 1. The summed E-state index contributed by atoms with van der Waals surface area (Å²) >= 11 is 0. The Balaban J connectivity index is 2.04. The van der Waals surface area contributed by atoms with E-state index in [9.17, 15) is 28.1 Å². The lowest BCUT2D eigenvalue weighted by Crippen LogP contribution is -2.30. The lowest BCUT2D eigenvalue weighted by atomic mass is 9.98. The van der Waals surface area contributed by atoms with Gasteiger partial charge in [-0.05, 0) is 23.6 Å². The molecule has 0 aromatic heterocycles. The van der Waals surface area contributed by atoms with Crippen LogP contribution in [0.3, 0.4) is 0 Å². The topological polar surface area (TPSA) is 84.3 Å². The van der Waals surface area contributed by atoms with Crippen molar-refractivity contribution in [1.82, 2.24) is 5.43 Å². The van der Waals surface area contributed by atoms with Crippen LogP contribution in [0.1, 0.15) is 30.4 Å². The molecule has 0 fully saturated rings. The maximum atomic E-state index is 12.7. The van der Waals surface area contributed by atoms with E-state index in [2.05, 4.69) is 10.9 Å². The fourth-order valence-corrected chi connectivity index (χ4v) is 2.33. The number of anilines is 1. The lowest BCUT2D eigenvalue weighted by Gasteiger charge is -2.14. The van der Waals surface area contributed by atoms with E-state index in [1.807, 2.05) is 37.3 Å². The van der Waals surface area contributed by atoms with Crippen molar-refractivity contribution in [2.24, 2.45) is 0 Å². The van der Waals surface area contributed by atoms with E-state index in [-0.39, 0.29) is 18.0 Å². The van der Waals surface area contributed by atoms with Gasteiger partial charge in [0.15, 0.2) is 0 Å². The summed E-state index contributed by atoms with van der Waals surface area (Å²) in [7, 11) is 0. The number of nitrogens with one attached hydrogen (secondary N) is 2. The molecule has 26 heavy (non-hydrogen) atoms. The van der Waals surface area contributed by atoms with Crippen LogP contribution in [0.2, 0.25) is 0 Å². The molecule has 138 valence electrons. The Labute approximate surface area is 147 Å². The number of nitro groups is 1. The molecule has 0 aliphatic heterocycles. The van der Waals surface area contributed by atoms with Crippen LogP contribution in [0.4, 0.5) is 24.5 Å². The number of hydrazine groups is 1. The average molecular weight is 367 g/mol. The molecule has 0 aliphatic carbocycles. The zero-order valence-electron chi connectivity index (χ0n) is 13.7. The number of amides is 1. The Kier molecular flexibility index (Phi) is 5.81. The number of hydrogen-bond acceptors (Lipinski definition) is 4. The Morgan fingerprint density at radius 2 is 1.85 bits per heavy atom. The molecule has 2 rings (SSSR count). The smallest absolute Gasteiger partial charge is 0.292 e. The van der Waals surface area contributed by atoms with Crippen LogP contribution >= 0.6 is 0 Å². The molecular formula is C17H16F3N3O3. The van der Waals surface area contributed by atoms with E-state index in [4.69, 9.17) is 0 Å². The standard InChI is InChI=1S/C17H16F3N3O3/c1-11(12-5-3-2-4-6-12)9-16(24)22-21-14-8-7-13(17(18,19)20)10-15(14)23(25)26/h2-8,10-11,21H,9H2,1H3,(H,22,24). The summed E-state index contributed by atoms with van der Waals surface area (Å²) < 4.78 is 38.0. The molecule has 1 amide bonds. The molecule has 6 nitrogen and oxygen atoms in total. The minimum Gasteiger partial charge on any atom is -0.292 e. The normalized spacial score (nSPS) is 12.3. The molecule has 0 radical (unpaired) electrons. The van der Waals surface area contributed by atoms with Gasteiger partial charge in [-0.15, -0.1) is 0 Å². The second-order valence-corrected chi connectivity index (χ2v) is 5.68. The highest BCUT2D eigenvalue weighted by Crippen LogP contribution is 2.34. The largest absolute Gasteiger partial charge is 0.416 e. The van der Waals surface area contributed by atoms with Gasteiger partial charge in [0.2, 0.25) is 5.91 Å². The quantitative estimate of drug-likeness (QED) is 0.590. The van der Waals surface area contributed by atoms with Gasteiger partial charge in [0.25, 0.3) is 5.69 Å². The summed E-state index contributed by atoms with van der Waals surface area (Å²) in [5.41, 5.74) is 3.39. The Hall–Kier alpha value is -3.10. The first kappa shape index (κ1) is 19.2. The number of hydrogen-bond donors (Lipinski definition) is 2. The van der Waals surface area contributed by atoms with E-state index in [0.29, 0.717) is 12.1 Å². The van der Waals surface area contributed by atoms with Crippen molar-refractivity contribution in [3.63, 3.8) is 0 Å². The number of carbonyl (C=O) groups excluding carboxylic acids is 1. The molecular weight excluding hydrogens is 351 g/mol. The van der Waals surface area contributed by atoms with Gasteiger partial charge in [-0.25, -0.2) is 0 Å². The highest BCUT2D eigenvalue weighted by atomic mass is 19.4. The molecule has 0 spiro atoms. The first-order valence-electron chi connectivity index (χ1n) is 7.64. The van der Waals surface area contributed by atoms with E-state index >= 15 is 0 Å². The fraction of sp³-hybridized carbons (Fsp3) is 0.235. The van der Waals surface area contributed by atoms with Crippen molar-refractivity contribution < 1.29 is 22.9 Å². The molecule has 0 saturated carbocycles. The van der Waals surface area contributed by atoms with Gasteiger partial charge in [0.1, 0.15) is 5.69 Å². The molecule has 1 unspecified atom stereocenters. The maximum Gasteiger partial charge on any atom is 0.416 e. The Bertz CT molecular complexity index is 795. The van der Waals surface area contributed by atoms with Crippen molar-refractivity contribution in [2.75, 3.05) is 5.43 Å². The summed E-state index contributed by atoms with van der Waals surface area (Å²) in [6, 6.07) is 11.3. The lowest BCUT2D eigenvalue weighted by molar-refractivity contribution is -0.384. The van der Waals surface area contributed by atoms with Gasteiger partial charge in [-0.2, -0.15) is 13.2 Å². The van der Waals surface area contributed by atoms with Crippen molar-refractivity contribution >= 4 is 17.3 Å². The fourth-order valence-electron chi connectivity index (χ4n) is 2.33. The van der Waals surface area contributed by atoms with Crippen molar-refractivity contribution in [1.29, 1.82) is 0 Å². The summed E-state index contributed by atoms with van der Waals surface area (Å²) in [5.74, 6) is -0.545. The maximum absolute atomic E-state index is 12.7. The average Bonchev–Trinajstić information content (AvgIpc) is 2.59. The first-order valence-corrected chi connectivity index (χ1v) is 7.64. The van der Waals surface area contributed by atoms with Crippen LogP contribution in [0.25, 0.3) is 0 Å². The summed E-state index contributed by atoms with van der Waals surface area (Å²) in [6.45, 7) is 1.84. The number of rotatable bonds is 6. The molecule has 2 aromatic carbocycles. The minimum atomic E-state index is -4.70. The number of carbonyl (C=O) groups is 1. The summed E-state index contributed by atoms with van der Waals surface area (Å²) in [5, 5.41) is 11.0. The number of nitrogens with zero attached hydrogens (tertiary/aromatic N) is 1. The second-order valence-electron chi connectivity index (χ2n) is 5.68. The molecule has 0 aliphatic rings. The Morgan fingerprint density at radius 1 is 1.19 bits per heavy atom. The SMILES string of the molecule is CC(CC(=O)NNc1ccc(C(F)(F)F)cc1[N+](=O)[O-])c1ccccc1. The third-order valence-electron chi connectivity index (χ3n) is 3.72. The molecule has 2 N–H and O–H groups in total. The van der Waals surface area contributed by atoms with Crippen LogP contribution < -0.4 is 10.9 Å². The molecule has 1 atom stereocenters. The number of halogens is 3. The first-order chi connectivity index (χ1) is 12.2. The van der Waals surface area contributed by atoms with Gasteiger partial charge < -0.3 is 0 Å². The minimum absolute atomic E-state index is 0.0967. The highest BCUT2D eigenvalue weighted by molar-refractivity contribution is 5.79. The molecule has 0 saturated heterocycles. The van der Waals surface area contributed by atoms with Crippen LogP contribution in [0.5, 0.6) is 0 Å².